The molecule has 0 saturated heterocycles. The van der Waals surface area contributed by atoms with E-state index in [9.17, 15) is 9.59 Å². The van der Waals surface area contributed by atoms with Gasteiger partial charge in [-0.25, -0.2) is 9.48 Å². The van der Waals surface area contributed by atoms with E-state index in [1.54, 1.807) is 62.6 Å². The molecule has 0 amide bonds. The van der Waals surface area contributed by atoms with Gasteiger partial charge < -0.3 is 9.47 Å². The molecule has 132 valence electrons. The van der Waals surface area contributed by atoms with Gasteiger partial charge in [-0.3, -0.25) is 4.79 Å². The lowest BCUT2D eigenvalue weighted by atomic mass is 10.1. The first kappa shape index (κ1) is 17.3. The summed E-state index contributed by atoms with van der Waals surface area (Å²) in [5.74, 6) is -0.448. The zero-order valence-electron chi connectivity index (χ0n) is 14.4. The van der Waals surface area contributed by atoms with Gasteiger partial charge in [-0.2, -0.15) is 0 Å². The number of ketones is 1. The highest BCUT2D eigenvalue weighted by atomic mass is 16.5. The molecular formula is C19H17N3O4. The third kappa shape index (κ3) is 3.32. The number of aromatic nitrogens is 3. The predicted molar refractivity (Wildman–Crippen MR) is 93.7 cm³/mol. The molecule has 1 heterocycles. The zero-order chi connectivity index (χ0) is 18.5. The molecule has 3 rings (SSSR count). The number of hydrogen-bond donors (Lipinski definition) is 0. The fourth-order valence-electron chi connectivity index (χ4n) is 2.45. The van der Waals surface area contributed by atoms with Crippen LogP contribution in [0.15, 0.2) is 54.6 Å². The van der Waals surface area contributed by atoms with Crippen LogP contribution in [0, 0.1) is 0 Å². The molecule has 1 aromatic heterocycles. The average molecular weight is 351 g/mol. The first-order valence-electron chi connectivity index (χ1n) is 8.02. The van der Waals surface area contributed by atoms with E-state index in [0.717, 1.165) is 0 Å². The van der Waals surface area contributed by atoms with Crippen LogP contribution in [-0.2, 0) is 4.74 Å². The van der Waals surface area contributed by atoms with Crippen molar-refractivity contribution in [3.05, 3.63) is 71.5 Å². The van der Waals surface area contributed by atoms with E-state index in [0.29, 0.717) is 17.0 Å². The van der Waals surface area contributed by atoms with Crippen molar-refractivity contribution < 1.29 is 19.1 Å². The summed E-state index contributed by atoms with van der Waals surface area (Å²) in [5, 5.41) is 7.94. The van der Waals surface area contributed by atoms with Crippen molar-refractivity contribution in [1.29, 1.82) is 0 Å². The Labute approximate surface area is 150 Å². The van der Waals surface area contributed by atoms with Crippen molar-refractivity contribution in [3.8, 4) is 11.4 Å². The maximum atomic E-state index is 12.9. The smallest absolute Gasteiger partial charge is 0.359 e. The number of carbonyl (C=O) groups is 2. The van der Waals surface area contributed by atoms with Crippen LogP contribution < -0.4 is 4.74 Å². The van der Waals surface area contributed by atoms with E-state index in [-0.39, 0.29) is 18.0 Å². The molecule has 0 saturated carbocycles. The Hall–Kier alpha value is -3.48. The third-order valence-corrected chi connectivity index (χ3v) is 3.71. The third-order valence-electron chi connectivity index (χ3n) is 3.71. The molecule has 0 aliphatic carbocycles. The average Bonchev–Trinajstić information content (AvgIpc) is 3.13. The molecule has 26 heavy (non-hydrogen) atoms. The fourth-order valence-corrected chi connectivity index (χ4v) is 2.45. The number of ether oxygens (including phenoxy) is 2. The lowest BCUT2D eigenvalue weighted by Crippen LogP contribution is -2.16. The number of nitrogens with zero attached hydrogens (tertiary/aromatic N) is 3. The molecule has 0 radical (unpaired) electrons. The van der Waals surface area contributed by atoms with Gasteiger partial charge in [0.2, 0.25) is 5.78 Å². The molecule has 0 aliphatic heterocycles. The van der Waals surface area contributed by atoms with Crippen molar-refractivity contribution in [2.24, 2.45) is 0 Å². The second-order valence-electron chi connectivity index (χ2n) is 5.31. The highest BCUT2D eigenvalue weighted by Crippen LogP contribution is 2.19. The number of para-hydroxylation sites is 1. The summed E-state index contributed by atoms with van der Waals surface area (Å²) < 4.78 is 11.5. The minimum atomic E-state index is -0.654. The number of hydrogen-bond acceptors (Lipinski definition) is 6. The number of esters is 1. The van der Waals surface area contributed by atoms with E-state index in [4.69, 9.17) is 9.47 Å². The number of methoxy groups -OCH3 is 1. The van der Waals surface area contributed by atoms with E-state index in [1.807, 2.05) is 6.07 Å². The van der Waals surface area contributed by atoms with Gasteiger partial charge in [0.1, 0.15) is 5.75 Å². The topological polar surface area (TPSA) is 83.3 Å². The highest BCUT2D eigenvalue weighted by Gasteiger charge is 2.28. The van der Waals surface area contributed by atoms with Crippen molar-refractivity contribution in [3.63, 3.8) is 0 Å². The molecule has 2 aromatic carbocycles. The van der Waals surface area contributed by atoms with Crippen molar-refractivity contribution in [1.82, 2.24) is 15.0 Å². The number of rotatable bonds is 6. The van der Waals surface area contributed by atoms with Crippen LogP contribution in [0.2, 0.25) is 0 Å². The maximum Gasteiger partial charge on any atom is 0.359 e. The molecule has 7 nitrogen and oxygen atoms in total. The van der Waals surface area contributed by atoms with Gasteiger partial charge in [0.25, 0.3) is 0 Å². The molecule has 0 spiro atoms. The van der Waals surface area contributed by atoms with Gasteiger partial charge in [0, 0.05) is 5.56 Å². The van der Waals surface area contributed by atoms with Gasteiger partial charge >= 0.3 is 5.97 Å². The summed E-state index contributed by atoms with van der Waals surface area (Å²) >= 11 is 0. The first-order valence-corrected chi connectivity index (χ1v) is 8.02. The second kappa shape index (κ2) is 7.60. The lowest BCUT2D eigenvalue weighted by Gasteiger charge is -2.07. The van der Waals surface area contributed by atoms with Crippen LogP contribution in [0.1, 0.15) is 33.5 Å². The van der Waals surface area contributed by atoms with Crippen molar-refractivity contribution in [2.75, 3.05) is 13.7 Å². The highest BCUT2D eigenvalue weighted by molar-refractivity contribution is 6.12. The van der Waals surface area contributed by atoms with Crippen LogP contribution in [-0.4, -0.2) is 40.5 Å². The van der Waals surface area contributed by atoms with Gasteiger partial charge in [-0.1, -0.05) is 23.4 Å². The predicted octanol–water partition coefficient (Wildman–Crippen LogP) is 2.68. The summed E-state index contributed by atoms with van der Waals surface area (Å²) in [7, 11) is 1.54. The van der Waals surface area contributed by atoms with Gasteiger partial charge in [0.05, 0.1) is 19.4 Å². The quantitative estimate of drug-likeness (QED) is 0.501. The summed E-state index contributed by atoms with van der Waals surface area (Å²) in [5.41, 5.74) is 0.921. The van der Waals surface area contributed by atoms with Gasteiger partial charge in [-0.15, -0.1) is 5.10 Å². The molecule has 3 aromatic rings. The summed E-state index contributed by atoms with van der Waals surface area (Å²) in [6.07, 6.45) is 0. The standard InChI is InChI=1S/C19H17N3O4/c1-3-26-19(24)17-16(18(23)13-9-11-15(25-2)12-10-13)20-21-22(17)14-7-5-4-6-8-14/h4-12H,3H2,1-2H3. The minimum Gasteiger partial charge on any atom is -0.497 e. The Bertz CT molecular complexity index is 918. The van der Waals surface area contributed by atoms with Crippen molar-refractivity contribution in [2.45, 2.75) is 6.92 Å². The molecule has 0 N–H and O–H groups in total. The second-order valence-corrected chi connectivity index (χ2v) is 5.31. The molecule has 7 heteroatoms. The normalized spacial score (nSPS) is 10.4. The summed E-state index contributed by atoms with van der Waals surface area (Å²) in [4.78, 5) is 25.3. The van der Waals surface area contributed by atoms with Crippen LogP contribution in [0.4, 0.5) is 0 Å². The lowest BCUT2D eigenvalue weighted by molar-refractivity contribution is 0.0513. The van der Waals surface area contributed by atoms with Crippen LogP contribution in [0.25, 0.3) is 5.69 Å². The molecule has 0 unspecified atom stereocenters. The Morgan fingerprint density at radius 1 is 1.04 bits per heavy atom. The monoisotopic (exact) mass is 351 g/mol. The molecular weight excluding hydrogens is 334 g/mol. The van der Waals surface area contributed by atoms with E-state index >= 15 is 0 Å². The summed E-state index contributed by atoms with van der Waals surface area (Å²) in [6.45, 7) is 1.87. The van der Waals surface area contributed by atoms with E-state index < -0.39 is 11.8 Å². The fraction of sp³-hybridized carbons (Fsp3) is 0.158. The minimum absolute atomic E-state index is 0.00105. The van der Waals surface area contributed by atoms with Crippen LogP contribution in [0.3, 0.4) is 0 Å². The summed E-state index contributed by atoms with van der Waals surface area (Å²) in [6, 6.07) is 15.5. The van der Waals surface area contributed by atoms with Crippen LogP contribution >= 0.6 is 0 Å². The first-order chi connectivity index (χ1) is 12.7. The maximum absolute atomic E-state index is 12.9. The zero-order valence-corrected chi connectivity index (χ0v) is 14.4. The Kier molecular flexibility index (Phi) is 5.07. The van der Waals surface area contributed by atoms with Crippen molar-refractivity contribution >= 4 is 11.8 Å². The molecule has 0 bridgehead atoms. The van der Waals surface area contributed by atoms with Crippen LogP contribution in [0.5, 0.6) is 5.75 Å². The SMILES string of the molecule is CCOC(=O)c1c(C(=O)c2ccc(OC)cc2)nnn1-c1ccccc1. The Morgan fingerprint density at radius 3 is 2.35 bits per heavy atom. The van der Waals surface area contributed by atoms with Gasteiger partial charge in [0.15, 0.2) is 11.4 Å². The number of carbonyl (C=O) groups excluding carboxylic acids is 2. The van der Waals surface area contributed by atoms with E-state index in [2.05, 4.69) is 10.3 Å². The molecule has 0 fully saturated rings. The number of benzene rings is 2. The Morgan fingerprint density at radius 2 is 1.73 bits per heavy atom. The van der Waals surface area contributed by atoms with E-state index in [1.165, 1.54) is 4.68 Å². The largest absolute Gasteiger partial charge is 0.497 e. The molecule has 0 atom stereocenters. The van der Waals surface area contributed by atoms with Gasteiger partial charge in [-0.05, 0) is 43.3 Å². The molecule has 0 aliphatic rings. The Balaban J connectivity index is 2.07.